The maximum absolute atomic E-state index is 10.8. The van der Waals surface area contributed by atoms with Gasteiger partial charge in [-0.3, -0.25) is 4.79 Å². The summed E-state index contributed by atoms with van der Waals surface area (Å²) < 4.78 is 0. The highest BCUT2D eigenvalue weighted by atomic mass is 16.1. The molecule has 0 N–H and O–H groups in total. The van der Waals surface area contributed by atoms with Crippen molar-refractivity contribution >= 4 is 6.29 Å². The van der Waals surface area contributed by atoms with E-state index in [1.165, 1.54) is 0 Å². The summed E-state index contributed by atoms with van der Waals surface area (Å²) in [6.07, 6.45) is 4.30. The fourth-order valence-electron chi connectivity index (χ4n) is 1.39. The van der Waals surface area contributed by atoms with Gasteiger partial charge in [-0.1, -0.05) is 24.3 Å². The first kappa shape index (κ1) is 9.52. The smallest absolute Gasteiger partial charge is 0.150 e. The summed E-state index contributed by atoms with van der Waals surface area (Å²) in [4.78, 5) is 19.0. The van der Waals surface area contributed by atoms with Gasteiger partial charge < -0.3 is 0 Å². The Kier molecular flexibility index (Phi) is 2.54. The Hall–Kier alpha value is -2.03. The average Bonchev–Trinajstić information content (AvgIpc) is 2.30. The fraction of sp³-hybridized carbons (Fsp3) is 0.0833. The van der Waals surface area contributed by atoms with Gasteiger partial charge >= 0.3 is 0 Å². The number of benzene rings is 1. The van der Waals surface area contributed by atoms with E-state index in [1.54, 1.807) is 18.5 Å². The summed E-state index contributed by atoms with van der Waals surface area (Å²) in [5, 5.41) is 0. The van der Waals surface area contributed by atoms with Gasteiger partial charge in [0.15, 0.2) is 6.29 Å². The van der Waals surface area contributed by atoms with Crippen LogP contribution in [0.5, 0.6) is 0 Å². The molecule has 0 aliphatic heterocycles. The molecule has 0 saturated carbocycles. The van der Waals surface area contributed by atoms with E-state index in [9.17, 15) is 4.79 Å². The van der Waals surface area contributed by atoms with Crippen molar-refractivity contribution in [2.75, 3.05) is 0 Å². The molecule has 2 aromatic rings. The van der Waals surface area contributed by atoms with Crippen molar-refractivity contribution < 1.29 is 4.79 Å². The van der Waals surface area contributed by atoms with Gasteiger partial charge in [-0.25, -0.2) is 9.97 Å². The van der Waals surface area contributed by atoms with Gasteiger partial charge in [-0.2, -0.15) is 0 Å². The van der Waals surface area contributed by atoms with E-state index in [1.807, 2.05) is 25.1 Å². The first-order chi connectivity index (χ1) is 7.31. The van der Waals surface area contributed by atoms with Crippen LogP contribution in [0, 0.1) is 6.92 Å². The van der Waals surface area contributed by atoms with E-state index < -0.39 is 0 Å². The first-order valence-corrected chi connectivity index (χ1v) is 4.64. The molecular formula is C12H10N2O. The molecule has 1 aromatic carbocycles. The van der Waals surface area contributed by atoms with E-state index in [0.717, 1.165) is 23.2 Å². The van der Waals surface area contributed by atoms with Crippen LogP contribution in [0.3, 0.4) is 0 Å². The number of aryl methyl sites for hydroxylation is 1. The van der Waals surface area contributed by atoms with Crippen LogP contribution in [-0.4, -0.2) is 16.3 Å². The van der Waals surface area contributed by atoms with Crippen LogP contribution in [0.4, 0.5) is 0 Å². The lowest BCUT2D eigenvalue weighted by Crippen LogP contribution is -1.91. The summed E-state index contributed by atoms with van der Waals surface area (Å²) >= 11 is 0. The number of aldehydes is 1. The molecule has 74 valence electrons. The third-order valence-electron chi connectivity index (χ3n) is 2.18. The van der Waals surface area contributed by atoms with E-state index >= 15 is 0 Å². The molecule has 15 heavy (non-hydrogen) atoms. The Balaban J connectivity index is 2.53. The Labute approximate surface area is 87.8 Å². The van der Waals surface area contributed by atoms with Crippen LogP contribution in [0.25, 0.3) is 11.1 Å². The van der Waals surface area contributed by atoms with Crippen LogP contribution in [0.2, 0.25) is 0 Å². The lowest BCUT2D eigenvalue weighted by Gasteiger charge is -2.03. The summed E-state index contributed by atoms with van der Waals surface area (Å²) in [7, 11) is 0. The monoisotopic (exact) mass is 198 g/mol. The molecule has 0 aliphatic rings. The van der Waals surface area contributed by atoms with Crippen LogP contribution in [0.1, 0.15) is 16.2 Å². The van der Waals surface area contributed by atoms with Gasteiger partial charge in [0.2, 0.25) is 0 Å². The quantitative estimate of drug-likeness (QED) is 0.695. The molecule has 3 heteroatoms. The third-order valence-corrected chi connectivity index (χ3v) is 2.18. The van der Waals surface area contributed by atoms with Crippen molar-refractivity contribution in [3.63, 3.8) is 0 Å². The standard InChI is InChI=1S/C12H10N2O/c1-9-13-6-11(7-14-9)12-5-3-2-4-10(12)8-15/h2-8H,1H3. The van der Waals surface area contributed by atoms with Gasteiger partial charge in [0.1, 0.15) is 5.82 Å². The molecule has 0 fully saturated rings. The summed E-state index contributed by atoms with van der Waals surface area (Å²) in [5.41, 5.74) is 2.39. The minimum Gasteiger partial charge on any atom is -0.298 e. The lowest BCUT2D eigenvalue weighted by molar-refractivity contribution is 0.112. The topological polar surface area (TPSA) is 42.9 Å². The van der Waals surface area contributed by atoms with Crippen molar-refractivity contribution in [2.45, 2.75) is 6.92 Å². The van der Waals surface area contributed by atoms with Crippen molar-refractivity contribution in [3.05, 3.63) is 48.0 Å². The molecule has 0 spiro atoms. The molecule has 0 saturated heterocycles. The number of carbonyl (C=O) groups is 1. The zero-order valence-electron chi connectivity index (χ0n) is 8.34. The Bertz CT molecular complexity index is 477. The Morgan fingerprint density at radius 2 is 1.80 bits per heavy atom. The second-order valence-electron chi connectivity index (χ2n) is 3.22. The molecule has 2 rings (SSSR count). The molecule has 1 heterocycles. The second-order valence-corrected chi connectivity index (χ2v) is 3.22. The largest absolute Gasteiger partial charge is 0.298 e. The SMILES string of the molecule is Cc1ncc(-c2ccccc2C=O)cn1. The number of carbonyl (C=O) groups excluding carboxylic acids is 1. The van der Waals surface area contributed by atoms with Crippen molar-refractivity contribution in [3.8, 4) is 11.1 Å². The molecule has 0 atom stereocenters. The molecule has 0 unspecified atom stereocenters. The lowest BCUT2D eigenvalue weighted by atomic mass is 10.0. The number of aromatic nitrogens is 2. The van der Waals surface area contributed by atoms with Gasteiger partial charge in [-0.05, 0) is 12.5 Å². The molecule has 3 nitrogen and oxygen atoms in total. The van der Waals surface area contributed by atoms with Gasteiger partial charge in [0.05, 0.1) is 0 Å². The predicted molar refractivity (Wildman–Crippen MR) is 57.6 cm³/mol. The van der Waals surface area contributed by atoms with Crippen molar-refractivity contribution in [2.24, 2.45) is 0 Å². The number of rotatable bonds is 2. The van der Waals surface area contributed by atoms with Crippen LogP contribution < -0.4 is 0 Å². The molecule has 0 aliphatic carbocycles. The summed E-state index contributed by atoms with van der Waals surface area (Å²) in [6.45, 7) is 1.83. The highest BCUT2D eigenvalue weighted by Gasteiger charge is 2.03. The van der Waals surface area contributed by atoms with Crippen LogP contribution in [-0.2, 0) is 0 Å². The normalized spacial score (nSPS) is 9.93. The van der Waals surface area contributed by atoms with Crippen molar-refractivity contribution in [1.29, 1.82) is 0 Å². The first-order valence-electron chi connectivity index (χ1n) is 4.64. The van der Waals surface area contributed by atoms with Gasteiger partial charge in [-0.15, -0.1) is 0 Å². The predicted octanol–water partition coefficient (Wildman–Crippen LogP) is 2.26. The minimum atomic E-state index is 0.657. The fourth-order valence-corrected chi connectivity index (χ4v) is 1.39. The van der Waals surface area contributed by atoms with Gasteiger partial charge in [0.25, 0.3) is 0 Å². The van der Waals surface area contributed by atoms with Gasteiger partial charge in [0, 0.05) is 23.5 Å². The van der Waals surface area contributed by atoms with Crippen molar-refractivity contribution in [1.82, 2.24) is 9.97 Å². The molecule has 1 aromatic heterocycles. The van der Waals surface area contributed by atoms with Crippen LogP contribution >= 0.6 is 0 Å². The minimum absolute atomic E-state index is 0.657. The number of hydrogen-bond donors (Lipinski definition) is 0. The average molecular weight is 198 g/mol. The second kappa shape index (κ2) is 4.00. The Morgan fingerprint density at radius 1 is 1.13 bits per heavy atom. The summed E-state index contributed by atoms with van der Waals surface area (Å²) in [5.74, 6) is 0.724. The highest BCUT2D eigenvalue weighted by molar-refractivity contribution is 5.87. The maximum atomic E-state index is 10.8. The number of nitrogens with zero attached hydrogens (tertiary/aromatic N) is 2. The Morgan fingerprint density at radius 3 is 2.47 bits per heavy atom. The maximum Gasteiger partial charge on any atom is 0.150 e. The molecule has 0 bridgehead atoms. The summed E-state index contributed by atoms with van der Waals surface area (Å²) in [6, 6.07) is 7.39. The zero-order valence-corrected chi connectivity index (χ0v) is 8.34. The van der Waals surface area contributed by atoms with E-state index in [2.05, 4.69) is 9.97 Å². The molecule has 0 amide bonds. The highest BCUT2D eigenvalue weighted by Crippen LogP contribution is 2.20. The van der Waals surface area contributed by atoms with E-state index in [4.69, 9.17) is 0 Å². The van der Waals surface area contributed by atoms with E-state index in [0.29, 0.717) is 5.56 Å². The zero-order chi connectivity index (χ0) is 10.7. The molecule has 0 radical (unpaired) electrons. The van der Waals surface area contributed by atoms with Crippen LogP contribution in [0.15, 0.2) is 36.7 Å². The third kappa shape index (κ3) is 1.91. The number of hydrogen-bond acceptors (Lipinski definition) is 3. The molecular weight excluding hydrogens is 188 g/mol. The van der Waals surface area contributed by atoms with E-state index in [-0.39, 0.29) is 0 Å².